The van der Waals surface area contributed by atoms with Gasteiger partial charge in [0.15, 0.2) is 0 Å². The number of H-pyrrole nitrogens is 1. The van der Waals surface area contributed by atoms with E-state index >= 15 is 0 Å². The molecule has 0 fully saturated rings. The third-order valence-corrected chi connectivity index (χ3v) is 3.78. The average Bonchev–Trinajstić information content (AvgIpc) is 2.78. The van der Waals surface area contributed by atoms with Crippen molar-refractivity contribution in [1.29, 1.82) is 0 Å². The topological polar surface area (TPSA) is 54.7 Å². The molecule has 0 spiro atoms. The molecule has 1 aromatic carbocycles. The van der Waals surface area contributed by atoms with Gasteiger partial charge in [0.2, 0.25) is 0 Å². The highest BCUT2D eigenvalue weighted by molar-refractivity contribution is 5.76. The van der Waals surface area contributed by atoms with Gasteiger partial charge in [-0.15, -0.1) is 0 Å². The van der Waals surface area contributed by atoms with Crippen molar-refractivity contribution in [3.63, 3.8) is 0 Å². The molecule has 3 nitrogen and oxygen atoms in total. The number of aromatic amines is 1. The molecule has 0 aliphatic carbocycles. The molecular formula is C16H25N3. The first-order valence-electron chi connectivity index (χ1n) is 7.22. The van der Waals surface area contributed by atoms with E-state index in [-0.39, 0.29) is 0 Å². The SMILES string of the molecule is CC(C)c1nc2ccc(C(CCN)C(C)C)cc2[nH]1. The molecule has 19 heavy (non-hydrogen) atoms. The fourth-order valence-electron chi connectivity index (χ4n) is 2.62. The molecule has 3 heteroatoms. The molecule has 0 amide bonds. The Bertz CT molecular complexity index is 540. The van der Waals surface area contributed by atoms with Crippen molar-refractivity contribution in [2.45, 2.75) is 46.0 Å². The van der Waals surface area contributed by atoms with E-state index in [9.17, 15) is 0 Å². The van der Waals surface area contributed by atoms with Crippen LogP contribution in [0.4, 0.5) is 0 Å². The van der Waals surface area contributed by atoms with Crippen LogP contribution in [0.25, 0.3) is 11.0 Å². The zero-order valence-electron chi connectivity index (χ0n) is 12.4. The maximum absolute atomic E-state index is 5.74. The van der Waals surface area contributed by atoms with Gasteiger partial charge in [-0.3, -0.25) is 0 Å². The minimum absolute atomic E-state index is 0.431. The third-order valence-electron chi connectivity index (χ3n) is 3.78. The molecule has 0 aliphatic rings. The molecule has 3 N–H and O–H groups in total. The Morgan fingerprint density at radius 3 is 2.53 bits per heavy atom. The second-order valence-electron chi connectivity index (χ2n) is 5.98. The van der Waals surface area contributed by atoms with Gasteiger partial charge in [0, 0.05) is 5.92 Å². The molecule has 1 atom stereocenters. The van der Waals surface area contributed by atoms with Crippen LogP contribution in [-0.2, 0) is 0 Å². The molecule has 0 bridgehead atoms. The quantitative estimate of drug-likeness (QED) is 0.858. The molecule has 104 valence electrons. The van der Waals surface area contributed by atoms with Crippen LogP contribution in [0.2, 0.25) is 0 Å². The molecule has 1 heterocycles. The van der Waals surface area contributed by atoms with Gasteiger partial charge in [-0.2, -0.15) is 0 Å². The van der Waals surface area contributed by atoms with E-state index in [1.807, 2.05) is 0 Å². The number of imidazole rings is 1. The van der Waals surface area contributed by atoms with Crippen molar-refractivity contribution in [3.05, 3.63) is 29.6 Å². The lowest BCUT2D eigenvalue weighted by atomic mass is 9.86. The predicted molar refractivity (Wildman–Crippen MR) is 81.4 cm³/mol. The summed E-state index contributed by atoms with van der Waals surface area (Å²) in [4.78, 5) is 8.05. The molecule has 2 rings (SSSR count). The van der Waals surface area contributed by atoms with E-state index in [0.717, 1.165) is 29.8 Å². The minimum Gasteiger partial charge on any atom is -0.342 e. The van der Waals surface area contributed by atoms with E-state index in [0.29, 0.717) is 17.8 Å². The van der Waals surface area contributed by atoms with Gasteiger partial charge < -0.3 is 10.7 Å². The van der Waals surface area contributed by atoms with Crippen LogP contribution < -0.4 is 5.73 Å². The fourth-order valence-corrected chi connectivity index (χ4v) is 2.62. The summed E-state index contributed by atoms with van der Waals surface area (Å²) in [5, 5.41) is 0. The summed E-state index contributed by atoms with van der Waals surface area (Å²) >= 11 is 0. The standard InChI is InChI=1S/C16H25N3/c1-10(2)13(7-8-17)12-5-6-14-15(9-12)19-16(18-14)11(3)4/h5-6,9-11,13H,7-8,17H2,1-4H3,(H,18,19). The van der Waals surface area contributed by atoms with E-state index in [4.69, 9.17) is 5.73 Å². The molecule has 1 unspecified atom stereocenters. The van der Waals surface area contributed by atoms with Gasteiger partial charge in [-0.1, -0.05) is 33.8 Å². The van der Waals surface area contributed by atoms with Crippen molar-refractivity contribution in [1.82, 2.24) is 9.97 Å². The van der Waals surface area contributed by atoms with Crippen LogP contribution in [0.1, 0.15) is 57.3 Å². The van der Waals surface area contributed by atoms with Gasteiger partial charge >= 0.3 is 0 Å². The molecule has 2 aromatic rings. The monoisotopic (exact) mass is 259 g/mol. The van der Waals surface area contributed by atoms with Crippen molar-refractivity contribution in [2.24, 2.45) is 11.7 Å². The summed E-state index contributed by atoms with van der Waals surface area (Å²) < 4.78 is 0. The van der Waals surface area contributed by atoms with Crippen molar-refractivity contribution in [3.8, 4) is 0 Å². The molecule has 1 aromatic heterocycles. The third kappa shape index (κ3) is 2.98. The van der Waals surface area contributed by atoms with E-state index in [1.54, 1.807) is 0 Å². The second kappa shape index (κ2) is 5.74. The number of nitrogens with zero attached hydrogens (tertiary/aromatic N) is 1. The smallest absolute Gasteiger partial charge is 0.109 e. The van der Waals surface area contributed by atoms with E-state index in [2.05, 4.69) is 55.9 Å². The van der Waals surface area contributed by atoms with Gasteiger partial charge in [-0.25, -0.2) is 4.98 Å². The number of nitrogens with two attached hydrogens (primary N) is 1. The first-order valence-corrected chi connectivity index (χ1v) is 7.22. The Morgan fingerprint density at radius 2 is 1.95 bits per heavy atom. The molecule has 0 aliphatic heterocycles. The summed E-state index contributed by atoms with van der Waals surface area (Å²) in [6, 6.07) is 6.57. The summed E-state index contributed by atoms with van der Waals surface area (Å²) in [5.41, 5.74) is 9.31. The van der Waals surface area contributed by atoms with Crippen molar-refractivity contribution < 1.29 is 0 Å². The molecule has 0 radical (unpaired) electrons. The number of fused-ring (bicyclic) bond motifs is 1. The Balaban J connectivity index is 2.39. The minimum atomic E-state index is 0.431. The molecule has 0 saturated heterocycles. The van der Waals surface area contributed by atoms with Crippen LogP contribution >= 0.6 is 0 Å². The van der Waals surface area contributed by atoms with Gasteiger partial charge in [0.1, 0.15) is 5.82 Å². The number of benzene rings is 1. The van der Waals surface area contributed by atoms with Crippen LogP contribution in [0, 0.1) is 5.92 Å². The first-order chi connectivity index (χ1) is 9.02. The highest BCUT2D eigenvalue weighted by Crippen LogP contribution is 2.29. The van der Waals surface area contributed by atoms with Crippen LogP contribution in [-0.4, -0.2) is 16.5 Å². The Labute approximate surface area is 115 Å². The number of nitrogens with one attached hydrogen (secondary N) is 1. The number of hydrogen-bond acceptors (Lipinski definition) is 2. The van der Waals surface area contributed by atoms with Crippen molar-refractivity contribution >= 4 is 11.0 Å². The maximum Gasteiger partial charge on any atom is 0.109 e. The Morgan fingerprint density at radius 1 is 1.21 bits per heavy atom. The highest BCUT2D eigenvalue weighted by atomic mass is 14.9. The van der Waals surface area contributed by atoms with Crippen LogP contribution in [0.15, 0.2) is 18.2 Å². The lowest BCUT2D eigenvalue weighted by Crippen LogP contribution is -2.12. The number of hydrogen-bond donors (Lipinski definition) is 2. The predicted octanol–water partition coefficient (Wildman–Crippen LogP) is 3.77. The van der Waals surface area contributed by atoms with Gasteiger partial charge in [-0.05, 0) is 42.5 Å². The van der Waals surface area contributed by atoms with Gasteiger partial charge in [0.05, 0.1) is 11.0 Å². The highest BCUT2D eigenvalue weighted by Gasteiger charge is 2.16. The average molecular weight is 259 g/mol. The lowest BCUT2D eigenvalue weighted by Gasteiger charge is -2.20. The fraction of sp³-hybridized carbons (Fsp3) is 0.562. The van der Waals surface area contributed by atoms with Crippen LogP contribution in [0.5, 0.6) is 0 Å². The maximum atomic E-state index is 5.74. The number of aromatic nitrogens is 2. The Kier molecular flexibility index (Phi) is 4.25. The Hall–Kier alpha value is -1.35. The summed E-state index contributed by atoms with van der Waals surface area (Å²) in [5.74, 6) is 2.63. The zero-order valence-corrected chi connectivity index (χ0v) is 12.4. The first kappa shape index (κ1) is 14.1. The van der Waals surface area contributed by atoms with Gasteiger partial charge in [0.25, 0.3) is 0 Å². The summed E-state index contributed by atoms with van der Waals surface area (Å²) in [7, 11) is 0. The normalized spacial score (nSPS) is 13.6. The van der Waals surface area contributed by atoms with Crippen molar-refractivity contribution in [2.75, 3.05) is 6.54 Å². The zero-order chi connectivity index (χ0) is 14.0. The van der Waals surface area contributed by atoms with Crippen LogP contribution in [0.3, 0.4) is 0 Å². The van der Waals surface area contributed by atoms with E-state index < -0.39 is 0 Å². The molecule has 0 saturated carbocycles. The lowest BCUT2D eigenvalue weighted by molar-refractivity contribution is 0.473. The molecular weight excluding hydrogens is 234 g/mol. The second-order valence-corrected chi connectivity index (χ2v) is 5.98. The largest absolute Gasteiger partial charge is 0.342 e. The summed E-state index contributed by atoms with van der Waals surface area (Å²) in [6.45, 7) is 9.57. The summed E-state index contributed by atoms with van der Waals surface area (Å²) in [6.07, 6.45) is 1.04. The number of rotatable bonds is 5. The van der Waals surface area contributed by atoms with E-state index in [1.165, 1.54) is 5.56 Å².